The number of nitrogens with two attached hydrogens (primary N) is 1. The Labute approximate surface area is 109 Å². The van der Waals surface area contributed by atoms with Gasteiger partial charge in [-0.15, -0.1) is 0 Å². The van der Waals surface area contributed by atoms with Crippen molar-refractivity contribution in [1.29, 1.82) is 0 Å². The summed E-state index contributed by atoms with van der Waals surface area (Å²) in [5, 5.41) is 0. The molecule has 1 aromatic carbocycles. The first-order valence-corrected chi connectivity index (χ1v) is 6.40. The van der Waals surface area contributed by atoms with Gasteiger partial charge in [0.1, 0.15) is 0 Å². The van der Waals surface area contributed by atoms with E-state index in [0.717, 1.165) is 25.2 Å². The Hall–Kier alpha value is -1.55. The van der Waals surface area contributed by atoms with Gasteiger partial charge >= 0.3 is 5.97 Å². The van der Waals surface area contributed by atoms with Gasteiger partial charge in [-0.25, -0.2) is 4.79 Å². The number of nitrogens with zero attached hydrogens (tertiary/aromatic N) is 1. The maximum atomic E-state index is 11.6. The van der Waals surface area contributed by atoms with E-state index < -0.39 is 0 Å². The summed E-state index contributed by atoms with van der Waals surface area (Å²) in [5.74, 6) is -0.321. The van der Waals surface area contributed by atoms with Crippen LogP contribution in [-0.4, -0.2) is 30.6 Å². The highest BCUT2D eigenvalue weighted by Gasteiger charge is 2.10. The van der Waals surface area contributed by atoms with Crippen molar-refractivity contribution in [1.82, 2.24) is 4.90 Å². The highest BCUT2D eigenvalue weighted by molar-refractivity contribution is 5.90. The summed E-state index contributed by atoms with van der Waals surface area (Å²) in [7, 11) is 0. The van der Waals surface area contributed by atoms with E-state index in [4.69, 9.17) is 10.5 Å². The quantitative estimate of drug-likeness (QED) is 0.621. The Bertz CT molecular complexity index is 401. The summed E-state index contributed by atoms with van der Waals surface area (Å²) in [4.78, 5) is 13.8. The fourth-order valence-electron chi connectivity index (χ4n) is 1.77. The van der Waals surface area contributed by atoms with Crippen molar-refractivity contribution in [3.63, 3.8) is 0 Å². The molecule has 4 nitrogen and oxygen atoms in total. The highest BCUT2D eigenvalue weighted by atomic mass is 16.5. The second kappa shape index (κ2) is 7.01. The van der Waals surface area contributed by atoms with Crippen molar-refractivity contribution in [2.24, 2.45) is 0 Å². The van der Waals surface area contributed by atoms with Gasteiger partial charge in [0, 0.05) is 12.2 Å². The first-order valence-electron chi connectivity index (χ1n) is 6.40. The maximum absolute atomic E-state index is 11.6. The SMILES string of the molecule is CCOC(=O)c1ccc(CN(CC)CC)c(N)c1. The molecule has 18 heavy (non-hydrogen) atoms. The number of nitrogen functional groups attached to an aromatic ring is 1. The molecule has 0 amide bonds. The molecule has 0 aliphatic heterocycles. The van der Waals surface area contributed by atoms with E-state index in [0.29, 0.717) is 17.9 Å². The monoisotopic (exact) mass is 250 g/mol. The predicted octanol–water partition coefficient (Wildman–Crippen LogP) is 2.29. The fourth-order valence-corrected chi connectivity index (χ4v) is 1.77. The molecule has 0 bridgehead atoms. The molecule has 0 unspecified atom stereocenters. The van der Waals surface area contributed by atoms with Crippen LogP contribution in [0.1, 0.15) is 36.7 Å². The van der Waals surface area contributed by atoms with Gasteiger partial charge in [0.25, 0.3) is 0 Å². The molecule has 0 radical (unpaired) electrons. The van der Waals surface area contributed by atoms with E-state index in [9.17, 15) is 4.79 Å². The molecule has 1 aromatic rings. The average molecular weight is 250 g/mol. The zero-order valence-electron chi connectivity index (χ0n) is 11.4. The minimum Gasteiger partial charge on any atom is -0.462 e. The van der Waals surface area contributed by atoms with Crippen molar-refractivity contribution in [2.45, 2.75) is 27.3 Å². The number of carbonyl (C=O) groups is 1. The van der Waals surface area contributed by atoms with Crippen LogP contribution in [-0.2, 0) is 11.3 Å². The number of carbonyl (C=O) groups excluding carboxylic acids is 1. The third kappa shape index (κ3) is 3.74. The molecule has 100 valence electrons. The lowest BCUT2D eigenvalue weighted by Crippen LogP contribution is -2.22. The lowest BCUT2D eigenvalue weighted by atomic mass is 10.1. The van der Waals surface area contributed by atoms with Crippen LogP contribution in [0.5, 0.6) is 0 Å². The van der Waals surface area contributed by atoms with Crippen LogP contribution in [0.4, 0.5) is 5.69 Å². The predicted molar refractivity (Wildman–Crippen MR) is 73.4 cm³/mol. The first-order chi connectivity index (χ1) is 8.62. The molecule has 0 saturated heterocycles. The molecule has 1 rings (SSSR count). The zero-order chi connectivity index (χ0) is 13.5. The van der Waals surface area contributed by atoms with E-state index in [1.165, 1.54) is 0 Å². The van der Waals surface area contributed by atoms with Gasteiger partial charge < -0.3 is 10.5 Å². The van der Waals surface area contributed by atoms with E-state index in [-0.39, 0.29) is 5.97 Å². The van der Waals surface area contributed by atoms with Crippen LogP contribution in [0.15, 0.2) is 18.2 Å². The van der Waals surface area contributed by atoms with E-state index in [1.54, 1.807) is 19.1 Å². The van der Waals surface area contributed by atoms with E-state index >= 15 is 0 Å². The Morgan fingerprint density at radius 1 is 1.28 bits per heavy atom. The molecular weight excluding hydrogens is 228 g/mol. The van der Waals surface area contributed by atoms with E-state index in [1.807, 2.05) is 6.07 Å². The number of esters is 1. The van der Waals surface area contributed by atoms with Crippen molar-refractivity contribution in [2.75, 3.05) is 25.4 Å². The summed E-state index contributed by atoms with van der Waals surface area (Å²) in [6.45, 7) is 9.17. The molecule has 0 aliphatic carbocycles. The van der Waals surface area contributed by atoms with Crippen LogP contribution >= 0.6 is 0 Å². The number of rotatable bonds is 6. The maximum Gasteiger partial charge on any atom is 0.338 e. The van der Waals surface area contributed by atoms with Crippen molar-refractivity contribution >= 4 is 11.7 Å². The number of anilines is 1. The number of hydrogen-bond acceptors (Lipinski definition) is 4. The topological polar surface area (TPSA) is 55.6 Å². The third-order valence-corrected chi connectivity index (χ3v) is 2.95. The first kappa shape index (κ1) is 14.5. The van der Waals surface area contributed by atoms with Crippen LogP contribution in [0.25, 0.3) is 0 Å². The van der Waals surface area contributed by atoms with Crippen molar-refractivity contribution < 1.29 is 9.53 Å². The second-order valence-electron chi connectivity index (χ2n) is 4.10. The number of benzene rings is 1. The lowest BCUT2D eigenvalue weighted by Gasteiger charge is -2.19. The second-order valence-corrected chi connectivity index (χ2v) is 4.10. The third-order valence-electron chi connectivity index (χ3n) is 2.95. The average Bonchev–Trinajstić information content (AvgIpc) is 2.37. The minimum absolute atomic E-state index is 0.321. The molecule has 0 atom stereocenters. The molecule has 4 heteroatoms. The minimum atomic E-state index is -0.321. The molecule has 0 fully saturated rings. The Morgan fingerprint density at radius 2 is 1.94 bits per heavy atom. The van der Waals surface area contributed by atoms with Crippen molar-refractivity contribution in [3.05, 3.63) is 29.3 Å². The molecule has 0 saturated carbocycles. The molecular formula is C14H22N2O2. The summed E-state index contributed by atoms with van der Waals surface area (Å²) in [6, 6.07) is 5.36. The Morgan fingerprint density at radius 3 is 2.44 bits per heavy atom. The normalized spacial score (nSPS) is 10.7. The van der Waals surface area contributed by atoms with Gasteiger partial charge in [-0.1, -0.05) is 19.9 Å². The Kier molecular flexibility index (Phi) is 5.65. The van der Waals surface area contributed by atoms with Crippen LogP contribution < -0.4 is 5.73 Å². The number of ether oxygens (including phenoxy) is 1. The summed E-state index contributed by atoms with van der Waals surface area (Å²) >= 11 is 0. The van der Waals surface area contributed by atoms with Gasteiger partial charge in [-0.2, -0.15) is 0 Å². The molecule has 0 spiro atoms. The van der Waals surface area contributed by atoms with E-state index in [2.05, 4.69) is 18.7 Å². The largest absolute Gasteiger partial charge is 0.462 e. The number of hydrogen-bond donors (Lipinski definition) is 1. The van der Waals surface area contributed by atoms with Gasteiger partial charge in [-0.05, 0) is 37.7 Å². The molecule has 0 aliphatic rings. The van der Waals surface area contributed by atoms with Gasteiger partial charge in [0.15, 0.2) is 0 Å². The summed E-state index contributed by atoms with van der Waals surface area (Å²) in [6.07, 6.45) is 0. The molecule has 0 aromatic heterocycles. The smallest absolute Gasteiger partial charge is 0.338 e. The van der Waals surface area contributed by atoms with Gasteiger partial charge in [0.2, 0.25) is 0 Å². The Balaban J connectivity index is 2.82. The van der Waals surface area contributed by atoms with Crippen molar-refractivity contribution in [3.8, 4) is 0 Å². The molecule has 2 N–H and O–H groups in total. The van der Waals surface area contributed by atoms with Gasteiger partial charge in [0.05, 0.1) is 12.2 Å². The highest BCUT2D eigenvalue weighted by Crippen LogP contribution is 2.17. The molecule has 0 heterocycles. The van der Waals surface area contributed by atoms with Crippen LogP contribution in [0.3, 0.4) is 0 Å². The fraction of sp³-hybridized carbons (Fsp3) is 0.500. The lowest BCUT2D eigenvalue weighted by molar-refractivity contribution is 0.0526. The van der Waals surface area contributed by atoms with Gasteiger partial charge in [-0.3, -0.25) is 4.90 Å². The summed E-state index contributed by atoms with van der Waals surface area (Å²) < 4.78 is 4.94. The zero-order valence-corrected chi connectivity index (χ0v) is 11.4. The van der Waals surface area contributed by atoms with Crippen LogP contribution in [0.2, 0.25) is 0 Å². The standard InChI is InChI=1S/C14H22N2O2/c1-4-16(5-2)10-12-8-7-11(9-13(12)15)14(17)18-6-3/h7-9H,4-6,10,15H2,1-3H3. The summed E-state index contributed by atoms with van der Waals surface area (Å²) in [5.41, 5.74) is 8.18. The van der Waals surface area contributed by atoms with Crippen LogP contribution in [0, 0.1) is 0 Å².